The molecule has 2 N–H and O–H groups in total. The van der Waals surface area contributed by atoms with E-state index in [9.17, 15) is 4.79 Å². The van der Waals surface area contributed by atoms with E-state index in [4.69, 9.17) is 19.3 Å². The molecule has 0 aromatic carbocycles. The van der Waals surface area contributed by atoms with Crippen LogP contribution in [0.4, 0.5) is 0 Å². The van der Waals surface area contributed by atoms with Gasteiger partial charge in [0.2, 0.25) is 5.60 Å². The largest absolute Gasteiger partial charge is 0.492 e. The molecule has 27 heavy (non-hydrogen) atoms. The molecule has 3 rings (SSSR count). The van der Waals surface area contributed by atoms with Gasteiger partial charge in [0.1, 0.15) is 5.75 Å². The van der Waals surface area contributed by atoms with Crippen LogP contribution >= 0.6 is 0 Å². The summed E-state index contributed by atoms with van der Waals surface area (Å²) in [5, 5.41) is 15.9. The first-order valence-corrected chi connectivity index (χ1v) is 9.23. The molecule has 1 fully saturated rings. The van der Waals surface area contributed by atoms with Gasteiger partial charge in [-0.1, -0.05) is 19.3 Å². The van der Waals surface area contributed by atoms with Crippen molar-refractivity contribution in [2.75, 3.05) is 26.4 Å². The van der Waals surface area contributed by atoms with E-state index in [0.29, 0.717) is 13.2 Å². The molecule has 8 heteroatoms. The second kappa shape index (κ2) is 9.48. The van der Waals surface area contributed by atoms with E-state index in [1.54, 1.807) is 12.4 Å². The Bertz CT molecular complexity index is 699. The topological polar surface area (TPSA) is 107 Å². The third-order valence-electron chi connectivity index (χ3n) is 4.51. The van der Waals surface area contributed by atoms with E-state index in [0.717, 1.165) is 49.2 Å². The van der Waals surface area contributed by atoms with Gasteiger partial charge in [-0.3, -0.25) is 10.1 Å². The fourth-order valence-electron chi connectivity index (χ4n) is 2.77. The molecule has 1 aliphatic heterocycles. The Morgan fingerprint density at radius 1 is 1.15 bits per heavy atom. The SMILES string of the molecule is O=C(O)C1(OCCCCCCCOc2ccc(-c3ccn[nH]3)nc2)COC1. The number of hydrogen-bond donors (Lipinski definition) is 2. The number of aliphatic carboxylic acids is 1. The van der Waals surface area contributed by atoms with Gasteiger partial charge in [0, 0.05) is 12.8 Å². The second-order valence-electron chi connectivity index (χ2n) is 6.61. The molecule has 0 atom stereocenters. The summed E-state index contributed by atoms with van der Waals surface area (Å²) in [5.74, 6) is -0.175. The molecule has 0 aliphatic carbocycles. The third-order valence-corrected chi connectivity index (χ3v) is 4.51. The van der Waals surface area contributed by atoms with Crippen molar-refractivity contribution in [2.45, 2.75) is 37.7 Å². The van der Waals surface area contributed by atoms with Crippen molar-refractivity contribution in [3.8, 4) is 17.1 Å². The number of hydrogen-bond acceptors (Lipinski definition) is 6. The Kier molecular flexibility index (Phi) is 6.78. The van der Waals surface area contributed by atoms with Crippen molar-refractivity contribution >= 4 is 5.97 Å². The van der Waals surface area contributed by atoms with Gasteiger partial charge in [-0.05, 0) is 31.0 Å². The van der Waals surface area contributed by atoms with Gasteiger partial charge in [-0.15, -0.1) is 0 Å². The highest BCUT2D eigenvalue weighted by Gasteiger charge is 2.47. The number of unbranched alkanes of at least 4 members (excludes halogenated alkanes) is 4. The van der Waals surface area contributed by atoms with E-state index in [-0.39, 0.29) is 13.2 Å². The van der Waals surface area contributed by atoms with Gasteiger partial charge in [0.25, 0.3) is 0 Å². The number of ether oxygens (including phenoxy) is 3. The van der Waals surface area contributed by atoms with Crippen molar-refractivity contribution < 1.29 is 24.1 Å². The van der Waals surface area contributed by atoms with Crippen LogP contribution in [0.5, 0.6) is 5.75 Å². The summed E-state index contributed by atoms with van der Waals surface area (Å²) >= 11 is 0. The molecule has 8 nitrogen and oxygen atoms in total. The van der Waals surface area contributed by atoms with Crippen LogP contribution in [0.25, 0.3) is 11.4 Å². The second-order valence-corrected chi connectivity index (χ2v) is 6.61. The molecule has 0 saturated carbocycles. The highest BCUT2D eigenvalue weighted by Crippen LogP contribution is 2.23. The summed E-state index contributed by atoms with van der Waals surface area (Å²) in [6, 6.07) is 5.68. The molecule has 0 bridgehead atoms. The molecule has 0 radical (unpaired) electrons. The lowest BCUT2D eigenvalue weighted by Gasteiger charge is -2.36. The minimum atomic E-state index is -1.10. The standard InChI is InChI=1S/C19H25N3O5/c23-18(24)19(13-25-14-19)27-11-5-3-1-2-4-10-26-15-6-7-16(20-12-15)17-8-9-21-22-17/h6-9,12H,1-5,10-11,13-14H2,(H,21,22)(H,23,24). The van der Waals surface area contributed by atoms with Crippen molar-refractivity contribution in [3.05, 3.63) is 30.6 Å². The van der Waals surface area contributed by atoms with Crippen LogP contribution in [-0.4, -0.2) is 58.3 Å². The van der Waals surface area contributed by atoms with Gasteiger partial charge in [-0.25, -0.2) is 4.79 Å². The third kappa shape index (κ3) is 5.27. The number of carbonyl (C=O) groups is 1. The Morgan fingerprint density at radius 3 is 2.52 bits per heavy atom. The number of H-pyrrole nitrogens is 1. The minimum absolute atomic E-state index is 0.150. The maximum Gasteiger partial charge on any atom is 0.340 e. The molecule has 0 amide bonds. The highest BCUT2D eigenvalue weighted by atomic mass is 16.6. The summed E-state index contributed by atoms with van der Waals surface area (Å²) in [7, 11) is 0. The number of aromatic nitrogens is 3. The molecule has 3 heterocycles. The summed E-state index contributed by atoms with van der Waals surface area (Å²) in [4.78, 5) is 15.5. The van der Waals surface area contributed by atoms with Crippen LogP contribution in [0.2, 0.25) is 0 Å². The predicted molar refractivity (Wildman–Crippen MR) is 97.5 cm³/mol. The maximum absolute atomic E-state index is 11.1. The average molecular weight is 375 g/mol. The lowest BCUT2D eigenvalue weighted by atomic mass is 10.0. The van der Waals surface area contributed by atoms with Crippen LogP contribution in [0.3, 0.4) is 0 Å². The zero-order chi connectivity index (χ0) is 19.0. The summed E-state index contributed by atoms with van der Waals surface area (Å²) in [5.41, 5.74) is 0.610. The molecule has 1 aliphatic rings. The van der Waals surface area contributed by atoms with E-state index >= 15 is 0 Å². The van der Waals surface area contributed by atoms with Gasteiger partial charge in [0.15, 0.2) is 0 Å². The molecule has 0 unspecified atom stereocenters. The first-order valence-electron chi connectivity index (χ1n) is 9.23. The van der Waals surface area contributed by atoms with Crippen LogP contribution in [0.15, 0.2) is 30.6 Å². The first-order chi connectivity index (χ1) is 13.2. The Morgan fingerprint density at radius 2 is 1.93 bits per heavy atom. The number of nitrogens with zero attached hydrogens (tertiary/aromatic N) is 2. The minimum Gasteiger partial charge on any atom is -0.492 e. The zero-order valence-electron chi connectivity index (χ0n) is 15.2. The first kappa shape index (κ1) is 19.3. The molecule has 1 saturated heterocycles. The van der Waals surface area contributed by atoms with Gasteiger partial charge in [-0.2, -0.15) is 5.10 Å². The fraction of sp³-hybridized carbons (Fsp3) is 0.526. The lowest BCUT2D eigenvalue weighted by Crippen LogP contribution is -2.58. The fourth-order valence-corrected chi connectivity index (χ4v) is 2.77. The number of nitrogens with one attached hydrogen (secondary N) is 1. The molecule has 2 aromatic heterocycles. The van der Waals surface area contributed by atoms with Crippen LogP contribution in [0.1, 0.15) is 32.1 Å². The molecule has 146 valence electrons. The highest BCUT2D eigenvalue weighted by molar-refractivity contribution is 5.78. The van der Waals surface area contributed by atoms with E-state index in [2.05, 4.69) is 15.2 Å². The van der Waals surface area contributed by atoms with Gasteiger partial charge in [0.05, 0.1) is 37.4 Å². The van der Waals surface area contributed by atoms with Crippen molar-refractivity contribution in [1.82, 2.24) is 15.2 Å². The maximum atomic E-state index is 11.1. The predicted octanol–water partition coefficient (Wildman–Crippen LogP) is 2.67. The number of aromatic amines is 1. The molecule has 0 spiro atoms. The Balaban J connectivity index is 1.21. The molecular formula is C19H25N3O5. The molecular weight excluding hydrogens is 350 g/mol. The normalized spacial score (nSPS) is 15.3. The van der Waals surface area contributed by atoms with Crippen LogP contribution < -0.4 is 4.74 Å². The summed E-state index contributed by atoms with van der Waals surface area (Å²) < 4.78 is 16.1. The number of carboxylic acid groups (broad SMARTS) is 1. The van der Waals surface area contributed by atoms with Crippen molar-refractivity contribution in [3.63, 3.8) is 0 Å². The van der Waals surface area contributed by atoms with E-state index in [1.165, 1.54) is 0 Å². The summed E-state index contributed by atoms with van der Waals surface area (Å²) in [6.07, 6.45) is 8.38. The van der Waals surface area contributed by atoms with E-state index < -0.39 is 11.6 Å². The number of pyridine rings is 1. The Hall–Kier alpha value is -2.45. The lowest BCUT2D eigenvalue weighted by molar-refractivity contribution is -0.224. The van der Waals surface area contributed by atoms with E-state index in [1.807, 2.05) is 18.2 Å². The number of carboxylic acids is 1. The van der Waals surface area contributed by atoms with Crippen LogP contribution in [0, 0.1) is 0 Å². The molecule has 2 aromatic rings. The van der Waals surface area contributed by atoms with Crippen molar-refractivity contribution in [2.24, 2.45) is 0 Å². The van der Waals surface area contributed by atoms with Gasteiger partial charge < -0.3 is 19.3 Å². The number of rotatable bonds is 12. The smallest absolute Gasteiger partial charge is 0.340 e. The summed E-state index contributed by atoms with van der Waals surface area (Å²) in [6.45, 7) is 1.41. The average Bonchev–Trinajstić information content (AvgIpc) is 3.17. The van der Waals surface area contributed by atoms with Gasteiger partial charge >= 0.3 is 5.97 Å². The van der Waals surface area contributed by atoms with Crippen molar-refractivity contribution in [1.29, 1.82) is 0 Å². The Labute approximate surface area is 157 Å². The van der Waals surface area contributed by atoms with Crippen LogP contribution in [-0.2, 0) is 14.3 Å². The monoisotopic (exact) mass is 375 g/mol. The quantitative estimate of drug-likeness (QED) is 0.549. The zero-order valence-corrected chi connectivity index (χ0v) is 15.2.